The Bertz CT molecular complexity index is 1250. The molecule has 3 heterocycles. The van der Waals surface area contributed by atoms with Crippen LogP contribution in [0.15, 0.2) is 40.4 Å². The highest BCUT2D eigenvalue weighted by Gasteiger charge is 2.54. The smallest absolute Gasteiger partial charge is 0.274 e. The van der Waals surface area contributed by atoms with E-state index in [2.05, 4.69) is 15.8 Å². The van der Waals surface area contributed by atoms with Crippen molar-refractivity contribution in [1.82, 2.24) is 15.5 Å². The van der Waals surface area contributed by atoms with Crippen LogP contribution in [0.5, 0.6) is 0 Å². The van der Waals surface area contributed by atoms with E-state index in [9.17, 15) is 42.2 Å². The number of aliphatic hydroxyl groups excluding tert-OH is 2. The molecule has 0 aromatic heterocycles. The number of nitrogens with zero attached hydrogens (tertiary/aromatic N) is 2. The van der Waals surface area contributed by atoms with Crippen molar-refractivity contribution in [3.8, 4) is 0 Å². The molecule has 3 aliphatic rings. The average molecular weight is 540 g/mol. The summed E-state index contributed by atoms with van der Waals surface area (Å²) in [7, 11) is 0. The summed E-state index contributed by atoms with van der Waals surface area (Å²) in [5.41, 5.74) is -3.66. The van der Waals surface area contributed by atoms with E-state index in [1.807, 2.05) is 0 Å². The van der Waals surface area contributed by atoms with E-state index in [-0.39, 0.29) is 24.7 Å². The molecule has 0 radical (unpaired) electrons. The highest BCUT2D eigenvalue weighted by atomic mass is 19.1. The van der Waals surface area contributed by atoms with Gasteiger partial charge in [0.1, 0.15) is 41.1 Å². The minimum absolute atomic E-state index is 0.140. The fourth-order valence-electron chi connectivity index (χ4n) is 4.62. The molecule has 10 nitrogen and oxygen atoms in total. The van der Waals surface area contributed by atoms with Crippen molar-refractivity contribution in [2.45, 2.75) is 44.0 Å². The third-order valence-electron chi connectivity index (χ3n) is 6.74. The topological polar surface area (TPSA) is 141 Å². The number of alkyl halides is 1. The van der Waals surface area contributed by atoms with E-state index < -0.39 is 89.1 Å². The largest absolute Gasteiger partial charge is 0.503 e. The number of fused-ring (bicyclic) bond motifs is 2. The molecule has 1 aromatic carbocycles. The SMILES string of the molecule is CC1CCC(O/N=C(\CO)CF)C23C=C(C(=O)NCc4c(F)cc(F)cc4F)C(=O)C(O)=C(N2)C(=O)N1C3. The van der Waals surface area contributed by atoms with E-state index in [0.29, 0.717) is 18.6 Å². The number of nitrogens with one attached hydrogen (secondary N) is 2. The number of carbonyl (C=O) groups is 3. The number of aliphatic hydroxyl groups is 2. The molecule has 1 spiro atoms. The summed E-state index contributed by atoms with van der Waals surface area (Å²) in [6.45, 7) is -0.997. The maximum Gasteiger partial charge on any atom is 0.274 e. The lowest BCUT2D eigenvalue weighted by Gasteiger charge is -2.44. The number of Topliss-reactive ketones (excluding diaryl/α,β-unsaturated/α-hetero) is 1. The number of ketones is 1. The second-order valence-corrected chi connectivity index (χ2v) is 9.21. The van der Waals surface area contributed by atoms with Crippen molar-refractivity contribution < 1.29 is 47.0 Å². The first-order chi connectivity index (χ1) is 18.0. The van der Waals surface area contributed by atoms with Crippen LogP contribution in [0, 0.1) is 17.5 Å². The second kappa shape index (κ2) is 10.4. The van der Waals surface area contributed by atoms with Gasteiger partial charge in [-0.2, -0.15) is 0 Å². The van der Waals surface area contributed by atoms with Crippen LogP contribution in [-0.2, 0) is 25.8 Å². The van der Waals surface area contributed by atoms with Crippen molar-refractivity contribution in [2.24, 2.45) is 5.16 Å². The number of oxime groups is 1. The first-order valence-electron chi connectivity index (χ1n) is 11.6. The Balaban J connectivity index is 1.75. The summed E-state index contributed by atoms with van der Waals surface area (Å²) < 4.78 is 54.4. The highest BCUT2D eigenvalue weighted by molar-refractivity contribution is 6.26. The summed E-state index contributed by atoms with van der Waals surface area (Å²) >= 11 is 0. The Hall–Kier alpha value is -3.94. The Morgan fingerprint density at radius 1 is 1.26 bits per heavy atom. The van der Waals surface area contributed by atoms with Gasteiger partial charge in [0.05, 0.1) is 18.7 Å². The highest BCUT2D eigenvalue weighted by Crippen LogP contribution is 2.37. The van der Waals surface area contributed by atoms with Crippen molar-refractivity contribution in [3.63, 3.8) is 0 Å². The number of hydrogen-bond donors (Lipinski definition) is 4. The predicted octanol–water partition coefficient (Wildman–Crippen LogP) is 1.05. The van der Waals surface area contributed by atoms with Crippen molar-refractivity contribution in [1.29, 1.82) is 0 Å². The third-order valence-corrected chi connectivity index (χ3v) is 6.74. The fraction of sp³-hybridized carbons (Fsp3) is 0.417. The molecule has 1 aromatic rings. The molecule has 38 heavy (non-hydrogen) atoms. The summed E-state index contributed by atoms with van der Waals surface area (Å²) in [5, 5.41) is 28.5. The Morgan fingerprint density at radius 2 is 1.95 bits per heavy atom. The number of allylic oxidation sites excluding steroid dienone is 1. The number of piperazine rings is 1. The zero-order valence-electron chi connectivity index (χ0n) is 20.1. The molecule has 3 bridgehead atoms. The van der Waals surface area contributed by atoms with Gasteiger partial charge < -0.3 is 30.6 Å². The van der Waals surface area contributed by atoms with Crippen molar-refractivity contribution in [3.05, 3.63) is 58.3 Å². The molecule has 2 fully saturated rings. The zero-order chi connectivity index (χ0) is 27.8. The van der Waals surface area contributed by atoms with Crippen LogP contribution in [0.2, 0.25) is 0 Å². The maximum absolute atomic E-state index is 14.0. The van der Waals surface area contributed by atoms with Gasteiger partial charge in [0.2, 0.25) is 5.78 Å². The lowest BCUT2D eigenvalue weighted by atomic mass is 9.86. The van der Waals surface area contributed by atoms with Gasteiger partial charge >= 0.3 is 0 Å². The van der Waals surface area contributed by atoms with Crippen LogP contribution in [0.4, 0.5) is 17.6 Å². The summed E-state index contributed by atoms with van der Waals surface area (Å²) in [4.78, 5) is 46.2. The second-order valence-electron chi connectivity index (χ2n) is 9.21. The number of benzene rings is 1. The van der Waals surface area contributed by atoms with E-state index in [4.69, 9.17) is 4.84 Å². The molecule has 0 aliphatic carbocycles. The molecule has 3 aliphatic heterocycles. The van der Waals surface area contributed by atoms with Gasteiger partial charge in [-0.15, -0.1) is 0 Å². The Kier molecular flexibility index (Phi) is 7.44. The standard InChI is InChI=1S/C24H24F4N4O6/c1-11-2-3-18(38-31-13(7-25)9-33)24-6-14(20(34)21(35)19(30-24)23(37)32(11)10-24)22(36)29-8-15-16(27)4-12(26)5-17(15)28/h4-6,11,18,30,33,35H,2-3,7-10H2,1H3,(H,29,36)/b31-13-. The van der Waals surface area contributed by atoms with Crippen LogP contribution >= 0.6 is 0 Å². The lowest BCUT2D eigenvalue weighted by molar-refractivity contribution is -0.134. The lowest BCUT2D eigenvalue weighted by Crippen LogP contribution is -2.65. The van der Waals surface area contributed by atoms with E-state index >= 15 is 0 Å². The molecular weight excluding hydrogens is 516 g/mol. The number of hydrogen-bond acceptors (Lipinski definition) is 8. The molecule has 204 valence electrons. The van der Waals surface area contributed by atoms with Gasteiger partial charge in [-0.3, -0.25) is 14.4 Å². The van der Waals surface area contributed by atoms with Gasteiger partial charge in [-0.25, -0.2) is 17.6 Å². The normalized spacial score (nSPS) is 25.4. The third kappa shape index (κ3) is 4.83. The summed E-state index contributed by atoms with van der Waals surface area (Å²) in [5.74, 6) is -7.82. The molecule has 3 unspecified atom stereocenters. The van der Waals surface area contributed by atoms with E-state index in [1.165, 1.54) is 4.90 Å². The van der Waals surface area contributed by atoms with Crippen LogP contribution in [0.3, 0.4) is 0 Å². The molecule has 2 saturated heterocycles. The number of carbonyl (C=O) groups excluding carboxylic acids is 3. The monoisotopic (exact) mass is 540 g/mol. The summed E-state index contributed by atoms with van der Waals surface area (Å²) in [6.07, 6.45) is 0.697. The Morgan fingerprint density at radius 3 is 2.58 bits per heavy atom. The number of halogens is 4. The van der Waals surface area contributed by atoms with Gasteiger partial charge in [0.15, 0.2) is 11.9 Å². The predicted molar refractivity (Wildman–Crippen MR) is 123 cm³/mol. The van der Waals surface area contributed by atoms with Gasteiger partial charge in [0, 0.05) is 30.3 Å². The molecule has 4 N–H and O–H groups in total. The zero-order valence-corrected chi connectivity index (χ0v) is 20.1. The van der Waals surface area contributed by atoms with Gasteiger partial charge in [-0.1, -0.05) is 5.16 Å². The van der Waals surface area contributed by atoms with Crippen molar-refractivity contribution >= 4 is 23.3 Å². The Labute approximate surface area is 213 Å². The number of rotatable bonds is 7. The molecular formula is C24H24F4N4O6. The van der Waals surface area contributed by atoms with Crippen LogP contribution in [0.1, 0.15) is 25.3 Å². The molecule has 2 amide bonds. The average Bonchev–Trinajstić information content (AvgIpc) is 3.05. The van der Waals surface area contributed by atoms with Crippen LogP contribution in [-0.4, -0.2) is 75.9 Å². The quantitative estimate of drug-likeness (QED) is 0.175. The first-order valence-corrected chi connectivity index (χ1v) is 11.6. The molecule has 4 rings (SSSR count). The van der Waals surface area contributed by atoms with E-state index in [1.54, 1.807) is 6.92 Å². The molecule has 14 heteroatoms. The van der Waals surface area contributed by atoms with Gasteiger partial charge in [-0.05, 0) is 25.8 Å². The van der Waals surface area contributed by atoms with Crippen molar-refractivity contribution in [2.75, 3.05) is 19.8 Å². The first kappa shape index (κ1) is 27.1. The summed E-state index contributed by atoms with van der Waals surface area (Å²) in [6, 6.07) is 0.471. The molecule has 0 saturated carbocycles. The van der Waals surface area contributed by atoms with Gasteiger partial charge in [0.25, 0.3) is 11.8 Å². The van der Waals surface area contributed by atoms with E-state index in [0.717, 1.165) is 6.08 Å². The maximum atomic E-state index is 14.0. The minimum atomic E-state index is -1.52. The number of amides is 2. The fourth-order valence-corrected chi connectivity index (χ4v) is 4.62. The molecule has 3 atom stereocenters. The minimum Gasteiger partial charge on any atom is -0.503 e. The van der Waals surface area contributed by atoms with Crippen LogP contribution < -0.4 is 10.6 Å². The van der Waals surface area contributed by atoms with Crippen LogP contribution in [0.25, 0.3) is 0 Å².